The topological polar surface area (TPSA) is 41.0 Å². The molecule has 4 heteroatoms. The number of anilines is 1. The number of aromatic nitrogens is 2. The fourth-order valence-electron chi connectivity index (χ4n) is 1.62. The Labute approximate surface area is 108 Å². The van der Waals surface area contributed by atoms with Gasteiger partial charge in [-0.1, -0.05) is 0 Å². The number of likely N-dealkylation sites (N-methyl/N-ethyl adjacent to an activating group) is 1. The van der Waals surface area contributed by atoms with E-state index < -0.39 is 0 Å². The standard InChI is InChI=1S/C14H18N4/c1-18(2)10-9-16-14-4-3-13(11-17-14)12-5-7-15-8-6-12/h3-8,11H,9-10H2,1-2H3,(H,16,17). The van der Waals surface area contributed by atoms with E-state index >= 15 is 0 Å². The van der Waals surface area contributed by atoms with Gasteiger partial charge in [0, 0.05) is 37.2 Å². The number of pyridine rings is 2. The summed E-state index contributed by atoms with van der Waals surface area (Å²) in [6.45, 7) is 1.89. The average Bonchev–Trinajstić information content (AvgIpc) is 2.40. The highest BCUT2D eigenvalue weighted by Crippen LogP contribution is 2.18. The SMILES string of the molecule is CN(C)CCNc1ccc(-c2ccncc2)cn1. The summed E-state index contributed by atoms with van der Waals surface area (Å²) < 4.78 is 0. The molecule has 0 aliphatic carbocycles. The maximum absolute atomic E-state index is 4.40. The second-order valence-corrected chi connectivity index (χ2v) is 4.40. The van der Waals surface area contributed by atoms with Gasteiger partial charge in [0.05, 0.1) is 0 Å². The highest BCUT2D eigenvalue weighted by atomic mass is 15.1. The Morgan fingerprint density at radius 3 is 2.44 bits per heavy atom. The Balaban J connectivity index is 1.98. The van der Waals surface area contributed by atoms with Crippen molar-refractivity contribution in [3.05, 3.63) is 42.9 Å². The van der Waals surface area contributed by atoms with Gasteiger partial charge in [-0.15, -0.1) is 0 Å². The van der Waals surface area contributed by atoms with Crippen LogP contribution in [0.3, 0.4) is 0 Å². The van der Waals surface area contributed by atoms with Gasteiger partial charge in [-0.25, -0.2) is 4.98 Å². The summed E-state index contributed by atoms with van der Waals surface area (Å²) in [6, 6.07) is 8.04. The van der Waals surface area contributed by atoms with Gasteiger partial charge >= 0.3 is 0 Å². The first-order valence-corrected chi connectivity index (χ1v) is 6.01. The molecule has 0 aromatic carbocycles. The lowest BCUT2D eigenvalue weighted by Gasteiger charge is -2.11. The highest BCUT2D eigenvalue weighted by Gasteiger charge is 1.98. The molecule has 0 aliphatic rings. The summed E-state index contributed by atoms with van der Waals surface area (Å²) in [6.07, 6.45) is 5.46. The minimum Gasteiger partial charge on any atom is -0.369 e. The Bertz CT molecular complexity index is 465. The third-order valence-electron chi connectivity index (χ3n) is 2.64. The summed E-state index contributed by atoms with van der Waals surface area (Å²) in [5.74, 6) is 0.912. The molecule has 2 aromatic rings. The van der Waals surface area contributed by atoms with Crippen molar-refractivity contribution in [2.24, 2.45) is 0 Å². The van der Waals surface area contributed by atoms with Gasteiger partial charge in [0.2, 0.25) is 0 Å². The summed E-state index contributed by atoms with van der Waals surface area (Å²) in [4.78, 5) is 10.5. The van der Waals surface area contributed by atoms with Crippen molar-refractivity contribution >= 4 is 5.82 Å². The third kappa shape index (κ3) is 3.53. The second-order valence-electron chi connectivity index (χ2n) is 4.40. The number of nitrogens with one attached hydrogen (secondary N) is 1. The summed E-state index contributed by atoms with van der Waals surface area (Å²) in [5, 5.41) is 3.29. The Morgan fingerprint density at radius 1 is 1.06 bits per heavy atom. The Hall–Kier alpha value is -1.94. The van der Waals surface area contributed by atoms with Crippen LogP contribution in [-0.4, -0.2) is 42.1 Å². The van der Waals surface area contributed by atoms with E-state index in [4.69, 9.17) is 0 Å². The zero-order valence-corrected chi connectivity index (χ0v) is 10.8. The zero-order valence-electron chi connectivity index (χ0n) is 10.8. The van der Waals surface area contributed by atoms with Crippen LogP contribution in [0.25, 0.3) is 11.1 Å². The highest BCUT2D eigenvalue weighted by molar-refractivity contribution is 5.62. The van der Waals surface area contributed by atoms with Crippen molar-refractivity contribution in [3.63, 3.8) is 0 Å². The molecule has 0 amide bonds. The van der Waals surface area contributed by atoms with Crippen LogP contribution in [0.1, 0.15) is 0 Å². The Morgan fingerprint density at radius 2 is 1.83 bits per heavy atom. The van der Waals surface area contributed by atoms with Gasteiger partial charge in [-0.2, -0.15) is 0 Å². The molecule has 1 N–H and O–H groups in total. The first-order chi connectivity index (χ1) is 8.75. The minimum absolute atomic E-state index is 0.897. The minimum atomic E-state index is 0.897. The third-order valence-corrected chi connectivity index (χ3v) is 2.64. The maximum Gasteiger partial charge on any atom is 0.125 e. The van der Waals surface area contributed by atoms with Crippen LogP contribution in [0.15, 0.2) is 42.9 Å². The molecule has 0 atom stereocenters. The van der Waals surface area contributed by atoms with Gasteiger partial charge < -0.3 is 10.2 Å². The molecule has 2 aromatic heterocycles. The zero-order chi connectivity index (χ0) is 12.8. The van der Waals surface area contributed by atoms with Crippen LogP contribution in [0.4, 0.5) is 5.82 Å². The van der Waals surface area contributed by atoms with Crippen molar-refractivity contribution in [1.29, 1.82) is 0 Å². The molecule has 2 rings (SSSR count). The first-order valence-electron chi connectivity index (χ1n) is 6.01. The van der Waals surface area contributed by atoms with E-state index in [0.717, 1.165) is 30.0 Å². The molecular formula is C14H18N4. The molecule has 0 saturated heterocycles. The van der Waals surface area contributed by atoms with E-state index in [9.17, 15) is 0 Å². The monoisotopic (exact) mass is 242 g/mol. The van der Waals surface area contributed by atoms with E-state index in [1.54, 1.807) is 12.4 Å². The summed E-state index contributed by atoms with van der Waals surface area (Å²) >= 11 is 0. The van der Waals surface area contributed by atoms with Crippen molar-refractivity contribution in [1.82, 2.24) is 14.9 Å². The van der Waals surface area contributed by atoms with Crippen LogP contribution >= 0.6 is 0 Å². The molecule has 4 nitrogen and oxygen atoms in total. The number of rotatable bonds is 5. The Kier molecular flexibility index (Phi) is 4.25. The molecule has 2 heterocycles. The van der Waals surface area contributed by atoms with Crippen LogP contribution in [0, 0.1) is 0 Å². The predicted octanol–water partition coefficient (Wildman–Crippen LogP) is 2.12. The molecule has 18 heavy (non-hydrogen) atoms. The van der Waals surface area contributed by atoms with Gasteiger partial charge in [0.25, 0.3) is 0 Å². The van der Waals surface area contributed by atoms with Gasteiger partial charge in [-0.05, 0) is 43.9 Å². The van der Waals surface area contributed by atoms with Crippen LogP contribution in [0.2, 0.25) is 0 Å². The fourth-order valence-corrected chi connectivity index (χ4v) is 1.62. The predicted molar refractivity (Wildman–Crippen MR) is 74.5 cm³/mol. The van der Waals surface area contributed by atoms with Crippen molar-refractivity contribution < 1.29 is 0 Å². The average molecular weight is 242 g/mol. The lowest BCUT2D eigenvalue weighted by Crippen LogP contribution is -2.21. The van der Waals surface area contributed by atoms with Crippen molar-refractivity contribution in [3.8, 4) is 11.1 Å². The summed E-state index contributed by atoms with van der Waals surface area (Å²) in [5.41, 5.74) is 2.24. The molecule has 0 fully saturated rings. The lowest BCUT2D eigenvalue weighted by atomic mass is 10.1. The molecule has 0 unspecified atom stereocenters. The number of nitrogens with zero attached hydrogens (tertiary/aromatic N) is 3. The van der Waals surface area contributed by atoms with E-state index in [0.29, 0.717) is 0 Å². The normalized spacial score (nSPS) is 10.6. The van der Waals surface area contributed by atoms with E-state index in [1.807, 2.05) is 24.4 Å². The van der Waals surface area contributed by atoms with E-state index in [2.05, 4.69) is 40.3 Å². The number of hydrogen-bond donors (Lipinski definition) is 1. The van der Waals surface area contributed by atoms with Gasteiger partial charge in [0.1, 0.15) is 5.82 Å². The van der Waals surface area contributed by atoms with Crippen LogP contribution < -0.4 is 5.32 Å². The van der Waals surface area contributed by atoms with Gasteiger partial charge in [-0.3, -0.25) is 4.98 Å². The fraction of sp³-hybridized carbons (Fsp3) is 0.286. The van der Waals surface area contributed by atoms with Gasteiger partial charge in [0.15, 0.2) is 0 Å². The molecule has 94 valence electrons. The molecule has 0 aliphatic heterocycles. The van der Waals surface area contributed by atoms with Crippen molar-refractivity contribution in [2.75, 3.05) is 32.5 Å². The second kappa shape index (κ2) is 6.12. The quantitative estimate of drug-likeness (QED) is 0.872. The number of hydrogen-bond acceptors (Lipinski definition) is 4. The molecular weight excluding hydrogens is 224 g/mol. The largest absolute Gasteiger partial charge is 0.369 e. The van der Waals surface area contributed by atoms with Crippen molar-refractivity contribution in [2.45, 2.75) is 0 Å². The summed E-state index contributed by atoms with van der Waals surface area (Å²) in [7, 11) is 4.11. The molecule has 0 bridgehead atoms. The molecule has 0 spiro atoms. The van der Waals surface area contributed by atoms with Crippen LogP contribution in [-0.2, 0) is 0 Å². The van der Waals surface area contributed by atoms with E-state index in [-0.39, 0.29) is 0 Å². The first kappa shape index (κ1) is 12.5. The smallest absolute Gasteiger partial charge is 0.125 e. The maximum atomic E-state index is 4.40. The van der Waals surface area contributed by atoms with Crippen LogP contribution in [0.5, 0.6) is 0 Å². The molecule has 0 saturated carbocycles. The lowest BCUT2D eigenvalue weighted by molar-refractivity contribution is 0.425. The molecule has 0 radical (unpaired) electrons. The van der Waals surface area contributed by atoms with E-state index in [1.165, 1.54) is 0 Å².